The molecule has 0 aromatic carbocycles. The molecule has 1 atom stereocenters. The molecule has 0 fully saturated rings. The zero-order chi connectivity index (χ0) is 13.1. The third-order valence-corrected chi connectivity index (χ3v) is 4.47. The smallest absolute Gasteiger partial charge is 0.271 e. The summed E-state index contributed by atoms with van der Waals surface area (Å²) in [6.45, 7) is 2.30. The second-order valence-electron chi connectivity index (χ2n) is 3.75. The lowest BCUT2D eigenvalue weighted by Crippen LogP contribution is -2.22. The molecule has 2 aromatic rings. The zero-order valence-electron chi connectivity index (χ0n) is 9.64. The Morgan fingerprint density at radius 3 is 2.94 bits per heavy atom. The van der Waals surface area contributed by atoms with Crippen LogP contribution in [0.25, 0.3) is 0 Å². The number of nitrogens with one attached hydrogen (secondary N) is 1. The van der Waals surface area contributed by atoms with Crippen LogP contribution in [0, 0.1) is 0 Å². The number of aromatic nitrogens is 1. The largest absolute Gasteiger partial charge is 0.346 e. The van der Waals surface area contributed by atoms with Gasteiger partial charge in [-0.25, -0.2) is 4.98 Å². The summed E-state index contributed by atoms with van der Waals surface area (Å²) in [5.41, 5.74) is 6.11. The Morgan fingerprint density at radius 1 is 1.61 bits per heavy atom. The predicted octanol–water partition coefficient (Wildman–Crippen LogP) is 2.81. The minimum Gasteiger partial charge on any atom is -0.346 e. The molecule has 4 nitrogen and oxygen atoms in total. The van der Waals surface area contributed by atoms with Crippen LogP contribution in [0.1, 0.15) is 33.3 Å². The molecular weight excluding hydrogens is 290 g/mol. The van der Waals surface area contributed by atoms with Crippen LogP contribution >= 0.6 is 34.3 Å². The number of halogens is 1. The van der Waals surface area contributed by atoms with Crippen LogP contribution in [-0.4, -0.2) is 10.9 Å². The van der Waals surface area contributed by atoms with Gasteiger partial charge in [0.2, 0.25) is 0 Å². The van der Waals surface area contributed by atoms with E-state index < -0.39 is 0 Å². The fourth-order valence-electron chi connectivity index (χ4n) is 1.31. The van der Waals surface area contributed by atoms with Crippen LogP contribution in [0.2, 0.25) is 4.34 Å². The fraction of sp³-hybridized carbons (Fsp3) is 0.273. The van der Waals surface area contributed by atoms with E-state index in [9.17, 15) is 4.79 Å². The fourth-order valence-corrected chi connectivity index (χ4v) is 3.09. The van der Waals surface area contributed by atoms with Crippen molar-refractivity contribution in [3.05, 3.63) is 37.4 Å². The summed E-state index contributed by atoms with van der Waals surface area (Å²) in [5.74, 6) is -0.192. The van der Waals surface area contributed by atoms with Crippen molar-refractivity contribution in [2.24, 2.45) is 5.73 Å². The van der Waals surface area contributed by atoms with Gasteiger partial charge in [0.15, 0.2) is 0 Å². The van der Waals surface area contributed by atoms with E-state index in [-0.39, 0.29) is 11.9 Å². The third-order valence-electron chi connectivity index (χ3n) is 2.20. The number of nitrogens with two attached hydrogens (primary N) is 1. The minimum absolute atomic E-state index is 0.146. The number of nitrogens with zero attached hydrogens (tertiary/aromatic N) is 1. The number of carbonyl (C=O) groups excluding carboxylic acids is 1. The highest BCUT2D eigenvalue weighted by Gasteiger charge is 2.12. The van der Waals surface area contributed by atoms with E-state index in [1.54, 1.807) is 5.38 Å². The molecule has 2 heterocycles. The molecule has 96 valence electrons. The molecule has 0 spiro atoms. The molecule has 0 saturated heterocycles. The van der Waals surface area contributed by atoms with Gasteiger partial charge < -0.3 is 11.1 Å². The van der Waals surface area contributed by atoms with Crippen molar-refractivity contribution < 1.29 is 4.79 Å². The average Bonchev–Trinajstić information content (AvgIpc) is 2.94. The van der Waals surface area contributed by atoms with Gasteiger partial charge >= 0.3 is 0 Å². The monoisotopic (exact) mass is 301 g/mol. The molecule has 1 amide bonds. The van der Waals surface area contributed by atoms with E-state index in [1.807, 2.05) is 19.1 Å². The van der Waals surface area contributed by atoms with Crippen molar-refractivity contribution in [3.63, 3.8) is 0 Å². The lowest BCUT2D eigenvalue weighted by atomic mass is 10.4. The van der Waals surface area contributed by atoms with Gasteiger partial charge in [-0.3, -0.25) is 4.79 Å². The quantitative estimate of drug-likeness (QED) is 0.912. The van der Waals surface area contributed by atoms with Gasteiger partial charge in [0.1, 0.15) is 10.7 Å². The van der Waals surface area contributed by atoms with Crippen molar-refractivity contribution >= 4 is 40.2 Å². The molecule has 0 aliphatic heterocycles. The summed E-state index contributed by atoms with van der Waals surface area (Å²) in [7, 11) is 0. The van der Waals surface area contributed by atoms with Crippen molar-refractivity contribution in [1.29, 1.82) is 0 Å². The van der Waals surface area contributed by atoms with E-state index >= 15 is 0 Å². The first kappa shape index (κ1) is 13.5. The van der Waals surface area contributed by atoms with E-state index in [2.05, 4.69) is 10.3 Å². The van der Waals surface area contributed by atoms with Crippen LogP contribution in [0.3, 0.4) is 0 Å². The Morgan fingerprint density at radius 2 is 2.39 bits per heavy atom. The molecule has 0 bridgehead atoms. The summed E-state index contributed by atoms with van der Waals surface area (Å²) in [6, 6.07) is 3.56. The number of thiazole rings is 1. The summed E-state index contributed by atoms with van der Waals surface area (Å²) in [6.07, 6.45) is 0. The Balaban J connectivity index is 1.95. The maximum Gasteiger partial charge on any atom is 0.271 e. The van der Waals surface area contributed by atoms with Crippen LogP contribution in [0.15, 0.2) is 17.5 Å². The van der Waals surface area contributed by atoms with E-state index in [0.717, 1.165) is 9.88 Å². The highest BCUT2D eigenvalue weighted by atomic mass is 35.5. The first-order valence-corrected chi connectivity index (χ1v) is 7.37. The number of amides is 1. The Labute approximate surface area is 118 Å². The van der Waals surface area contributed by atoms with Gasteiger partial charge in [-0.2, -0.15) is 0 Å². The second-order valence-corrected chi connectivity index (χ2v) is 6.44. The molecule has 0 aliphatic rings. The Bertz CT molecular complexity index is 550. The van der Waals surface area contributed by atoms with Gasteiger partial charge in [0.05, 0.1) is 16.9 Å². The van der Waals surface area contributed by atoms with Crippen LogP contribution in [0.4, 0.5) is 0 Å². The van der Waals surface area contributed by atoms with Crippen molar-refractivity contribution in [2.75, 3.05) is 0 Å². The van der Waals surface area contributed by atoms with Crippen LogP contribution in [-0.2, 0) is 6.54 Å². The standard InChI is InChI=1S/C11H12ClN3OS2/c1-6(13)11-15-8(5-17-11)10(16)14-4-7-2-3-9(12)18-7/h2-3,5-6H,4,13H2,1H3,(H,14,16). The van der Waals surface area contributed by atoms with Gasteiger partial charge in [0, 0.05) is 10.3 Å². The van der Waals surface area contributed by atoms with Gasteiger partial charge in [-0.1, -0.05) is 11.6 Å². The van der Waals surface area contributed by atoms with Crippen LogP contribution in [0.5, 0.6) is 0 Å². The molecule has 1 unspecified atom stereocenters. The third kappa shape index (κ3) is 3.29. The van der Waals surface area contributed by atoms with Crippen LogP contribution < -0.4 is 11.1 Å². The lowest BCUT2D eigenvalue weighted by Gasteiger charge is -2.01. The molecule has 0 radical (unpaired) electrons. The summed E-state index contributed by atoms with van der Waals surface area (Å²) in [4.78, 5) is 17.0. The van der Waals surface area contributed by atoms with Gasteiger partial charge in [0.25, 0.3) is 5.91 Å². The van der Waals surface area contributed by atoms with Crippen molar-refractivity contribution in [2.45, 2.75) is 19.5 Å². The second kappa shape index (κ2) is 5.79. The first-order chi connectivity index (χ1) is 8.56. The summed E-state index contributed by atoms with van der Waals surface area (Å²) >= 11 is 8.66. The molecule has 0 aliphatic carbocycles. The van der Waals surface area contributed by atoms with Gasteiger partial charge in [-0.05, 0) is 19.1 Å². The van der Waals surface area contributed by atoms with E-state index in [4.69, 9.17) is 17.3 Å². The lowest BCUT2D eigenvalue weighted by molar-refractivity contribution is 0.0947. The first-order valence-electron chi connectivity index (χ1n) is 5.29. The highest BCUT2D eigenvalue weighted by molar-refractivity contribution is 7.16. The van der Waals surface area contributed by atoms with Crippen molar-refractivity contribution in [3.8, 4) is 0 Å². The summed E-state index contributed by atoms with van der Waals surface area (Å²) < 4.78 is 0.715. The SMILES string of the molecule is CC(N)c1nc(C(=O)NCc2ccc(Cl)s2)cs1. The number of hydrogen-bond acceptors (Lipinski definition) is 5. The maximum absolute atomic E-state index is 11.8. The number of hydrogen-bond donors (Lipinski definition) is 2. The minimum atomic E-state index is -0.192. The topological polar surface area (TPSA) is 68.0 Å². The normalized spacial score (nSPS) is 12.4. The number of carbonyl (C=O) groups is 1. The van der Waals surface area contributed by atoms with E-state index in [0.29, 0.717) is 16.6 Å². The van der Waals surface area contributed by atoms with Gasteiger partial charge in [-0.15, -0.1) is 22.7 Å². The number of rotatable bonds is 4. The molecule has 2 aromatic heterocycles. The van der Waals surface area contributed by atoms with E-state index in [1.165, 1.54) is 22.7 Å². The Kier molecular flexibility index (Phi) is 4.34. The maximum atomic E-state index is 11.8. The van der Waals surface area contributed by atoms with Crippen molar-refractivity contribution in [1.82, 2.24) is 10.3 Å². The Hall–Kier alpha value is -0.950. The zero-order valence-corrected chi connectivity index (χ0v) is 12.0. The highest BCUT2D eigenvalue weighted by Crippen LogP contribution is 2.21. The molecular formula is C11H12ClN3OS2. The molecule has 18 heavy (non-hydrogen) atoms. The summed E-state index contributed by atoms with van der Waals surface area (Å²) in [5, 5.41) is 5.28. The number of thiophene rings is 1. The molecule has 2 rings (SSSR count). The molecule has 7 heteroatoms. The average molecular weight is 302 g/mol. The molecule has 3 N–H and O–H groups in total. The molecule has 0 saturated carbocycles. The predicted molar refractivity (Wildman–Crippen MR) is 75.2 cm³/mol.